The highest BCUT2D eigenvalue weighted by atomic mass is 16.5. The van der Waals surface area contributed by atoms with Crippen LogP contribution in [0.3, 0.4) is 0 Å². The Balaban J connectivity index is 1.76. The second-order valence-corrected chi connectivity index (χ2v) is 4.35. The molecule has 2 nitrogen and oxygen atoms in total. The third-order valence-electron chi connectivity index (χ3n) is 2.61. The fraction of sp³-hybridized carbons (Fsp3) is 1.00. The Labute approximate surface area is 82.0 Å². The molecule has 0 saturated heterocycles. The maximum Gasteiger partial charge on any atom is 0.0499 e. The number of nitrogens with one attached hydrogen (secondary N) is 1. The summed E-state index contributed by atoms with van der Waals surface area (Å²) in [4.78, 5) is 0. The number of rotatable bonds is 8. The van der Waals surface area contributed by atoms with E-state index in [4.69, 9.17) is 4.74 Å². The van der Waals surface area contributed by atoms with Gasteiger partial charge in [0, 0.05) is 13.7 Å². The molecule has 0 heterocycles. The summed E-state index contributed by atoms with van der Waals surface area (Å²) in [7, 11) is 1.77. The lowest BCUT2D eigenvalue weighted by molar-refractivity contribution is 0.158. The van der Waals surface area contributed by atoms with Crippen molar-refractivity contribution in [2.75, 3.05) is 26.8 Å². The van der Waals surface area contributed by atoms with E-state index < -0.39 is 0 Å². The Hall–Kier alpha value is -0.0800. The zero-order chi connectivity index (χ0) is 9.52. The van der Waals surface area contributed by atoms with Crippen LogP contribution in [0.1, 0.15) is 32.6 Å². The second kappa shape index (κ2) is 6.39. The van der Waals surface area contributed by atoms with Gasteiger partial charge in [0.15, 0.2) is 0 Å². The average Bonchev–Trinajstić information content (AvgIpc) is 2.88. The Kier molecular flexibility index (Phi) is 5.40. The van der Waals surface area contributed by atoms with Crippen molar-refractivity contribution in [3.8, 4) is 0 Å². The highest BCUT2D eigenvalue weighted by Crippen LogP contribution is 2.33. The fourth-order valence-corrected chi connectivity index (χ4v) is 1.61. The van der Waals surface area contributed by atoms with Crippen LogP contribution in [0, 0.1) is 11.8 Å². The van der Waals surface area contributed by atoms with Gasteiger partial charge in [-0.3, -0.25) is 0 Å². The van der Waals surface area contributed by atoms with Gasteiger partial charge in [-0.15, -0.1) is 0 Å². The van der Waals surface area contributed by atoms with E-state index in [0.717, 1.165) is 19.1 Å². The van der Waals surface area contributed by atoms with Crippen LogP contribution in [0.4, 0.5) is 0 Å². The first-order chi connectivity index (χ1) is 6.33. The molecule has 0 aromatic carbocycles. The molecule has 1 unspecified atom stereocenters. The summed E-state index contributed by atoms with van der Waals surface area (Å²) < 4.78 is 5.07. The molecular formula is C11H23NO. The van der Waals surface area contributed by atoms with Crippen LogP contribution in [0.2, 0.25) is 0 Å². The minimum Gasteiger partial charge on any atom is -0.384 e. The van der Waals surface area contributed by atoms with Gasteiger partial charge in [0.05, 0.1) is 0 Å². The van der Waals surface area contributed by atoms with Crippen LogP contribution in [0.5, 0.6) is 0 Å². The molecule has 0 aromatic rings. The molecule has 1 fully saturated rings. The van der Waals surface area contributed by atoms with Crippen molar-refractivity contribution in [2.45, 2.75) is 32.6 Å². The molecule has 78 valence electrons. The SMILES string of the molecule is COCC(C)CNCCCC1CC1. The third kappa shape index (κ3) is 6.05. The molecule has 0 amide bonds. The lowest BCUT2D eigenvalue weighted by Crippen LogP contribution is -2.24. The van der Waals surface area contributed by atoms with Crippen LogP contribution in [-0.2, 0) is 4.74 Å². The molecule has 0 spiro atoms. The number of methoxy groups -OCH3 is 1. The summed E-state index contributed by atoms with van der Waals surface area (Å²) in [5.41, 5.74) is 0. The summed E-state index contributed by atoms with van der Waals surface area (Å²) in [6.45, 7) is 5.37. The first-order valence-corrected chi connectivity index (χ1v) is 5.52. The monoisotopic (exact) mass is 185 g/mol. The van der Waals surface area contributed by atoms with E-state index in [1.54, 1.807) is 7.11 Å². The summed E-state index contributed by atoms with van der Waals surface area (Å²) in [5.74, 6) is 1.73. The second-order valence-electron chi connectivity index (χ2n) is 4.35. The van der Waals surface area contributed by atoms with Gasteiger partial charge in [-0.1, -0.05) is 19.8 Å². The molecule has 1 N–H and O–H groups in total. The van der Waals surface area contributed by atoms with E-state index in [-0.39, 0.29) is 0 Å². The molecular weight excluding hydrogens is 162 g/mol. The molecule has 0 radical (unpaired) electrons. The molecule has 1 aliphatic rings. The van der Waals surface area contributed by atoms with Crippen molar-refractivity contribution in [1.29, 1.82) is 0 Å². The van der Waals surface area contributed by atoms with E-state index in [2.05, 4.69) is 12.2 Å². The Morgan fingerprint density at radius 1 is 1.46 bits per heavy atom. The van der Waals surface area contributed by atoms with Gasteiger partial charge in [-0.25, -0.2) is 0 Å². The van der Waals surface area contributed by atoms with Crippen molar-refractivity contribution in [1.82, 2.24) is 5.32 Å². The lowest BCUT2D eigenvalue weighted by Gasteiger charge is -2.10. The first-order valence-electron chi connectivity index (χ1n) is 5.52. The zero-order valence-corrected chi connectivity index (χ0v) is 9.01. The molecule has 1 saturated carbocycles. The number of ether oxygens (including phenoxy) is 1. The summed E-state index contributed by atoms with van der Waals surface area (Å²) >= 11 is 0. The standard InChI is InChI=1S/C11H23NO/c1-10(9-13-2)8-12-7-3-4-11-5-6-11/h10-12H,3-9H2,1-2H3. The van der Waals surface area contributed by atoms with Crippen LogP contribution in [0.15, 0.2) is 0 Å². The van der Waals surface area contributed by atoms with Crippen LogP contribution >= 0.6 is 0 Å². The smallest absolute Gasteiger partial charge is 0.0499 e. The first kappa shape index (κ1) is 11.0. The quantitative estimate of drug-likeness (QED) is 0.584. The van der Waals surface area contributed by atoms with E-state index >= 15 is 0 Å². The Morgan fingerprint density at radius 3 is 2.85 bits per heavy atom. The topological polar surface area (TPSA) is 21.3 Å². The number of hydrogen-bond acceptors (Lipinski definition) is 2. The van der Waals surface area contributed by atoms with Crippen LogP contribution < -0.4 is 5.32 Å². The molecule has 2 heteroatoms. The third-order valence-corrected chi connectivity index (χ3v) is 2.61. The Bertz CT molecular complexity index is 123. The highest BCUT2D eigenvalue weighted by molar-refractivity contribution is 4.73. The molecule has 0 bridgehead atoms. The minimum absolute atomic E-state index is 0.644. The van der Waals surface area contributed by atoms with Crippen molar-refractivity contribution in [3.63, 3.8) is 0 Å². The van der Waals surface area contributed by atoms with Crippen LogP contribution in [0.25, 0.3) is 0 Å². The Morgan fingerprint density at radius 2 is 2.23 bits per heavy atom. The van der Waals surface area contributed by atoms with Gasteiger partial charge in [0.1, 0.15) is 0 Å². The highest BCUT2D eigenvalue weighted by Gasteiger charge is 2.19. The van der Waals surface area contributed by atoms with Gasteiger partial charge >= 0.3 is 0 Å². The van der Waals surface area contributed by atoms with E-state index in [0.29, 0.717) is 5.92 Å². The van der Waals surface area contributed by atoms with E-state index in [9.17, 15) is 0 Å². The van der Waals surface area contributed by atoms with Crippen molar-refractivity contribution < 1.29 is 4.74 Å². The minimum atomic E-state index is 0.644. The molecule has 1 rings (SSSR count). The maximum atomic E-state index is 5.07. The lowest BCUT2D eigenvalue weighted by atomic mass is 10.2. The predicted molar refractivity (Wildman–Crippen MR) is 55.9 cm³/mol. The number of hydrogen-bond donors (Lipinski definition) is 1. The van der Waals surface area contributed by atoms with Crippen LogP contribution in [-0.4, -0.2) is 26.8 Å². The van der Waals surface area contributed by atoms with Gasteiger partial charge in [0.25, 0.3) is 0 Å². The predicted octanol–water partition coefficient (Wildman–Crippen LogP) is 2.05. The maximum absolute atomic E-state index is 5.07. The van der Waals surface area contributed by atoms with E-state index in [1.165, 1.54) is 32.2 Å². The fourth-order valence-electron chi connectivity index (χ4n) is 1.61. The van der Waals surface area contributed by atoms with Gasteiger partial charge in [-0.2, -0.15) is 0 Å². The molecule has 13 heavy (non-hydrogen) atoms. The van der Waals surface area contributed by atoms with Gasteiger partial charge in [0.2, 0.25) is 0 Å². The van der Waals surface area contributed by atoms with Crippen molar-refractivity contribution in [3.05, 3.63) is 0 Å². The summed E-state index contributed by atoms with van der Waals surface area (Å²) in [6, 6.07) is 0. The summed E-state index contributed by atoms with van der Waals surface area (Å²) in [6.07, 6.45) is 5.76. The average molecular weight is 185 g/mol. The van der Waals surface area contributed by atoms with Gasteiger partial charge in [-0.05, 0) is 37.8 Å². The molecule has 1 aliphatic carbocycles. The van der Waals surface area contributed by atoms with Gasteiger partial charge < -0.3 is 10.1 Å². The van der Waals surface area contributed by atoms with E-state index in [1.807, 2.05) is 0 Å². The van der Waals surface area contributed by atoms with Crippen molar-refractivity contribution in [2.24, 2.45) is 11.8 Å². The largest absolute Gasteiger partial charge is 0.384 e. The van der Waals surface area contributed by atoms with Crippen molar-refractivity contribution >= 4 is 0 Å². The molecule has 0 aromatic heterocycles. The normalized spacial score (nSPS) is 18.9. The molecule has 1 atom stereocenters. The zero-order valence-electron chi connectivity index (χ0n) is 9.01. The molecule has 0 aliphatic heterocycles. The summed E-state index contributed by atoms with van der Waals surface area (Å²) in [5, 5.41) is 3.47.